The van der Waals surface area contributed by atoms with Crippen LogP contribution in [0.3, 0.4) is 0 Å². The van der Waals surface area contributed by atoms with Crippen LogP contribution < -0.4 is 10.2 Å². The Morgan fingerprint density at radius 3 is 2.75 bits per heavy atom. The molecule has 3 heterocycles. The summed E-state index contributed by atoms with van der Waals surface area (Å²) >= 11 is 8.04. The zero-order valence-electron chi connectivity index (χ0n) is 15.7. The van der Waals surface area contributed by atoms with Gasteiger partial charge in [-0.2, -0.15) is 0 Å². The maximum atomic E-state index is 6.44. The third kappa shape index (κ3) is 4.27. The number of nitrogens with zero attached hydrogens (tertiary/aromatic N) is 4. The fourth-order valence-corrected chi connectivity index (χ4v) is 4.01. The second-order valence-electron chi connectivity index (χ2n) is 6.47. The first-order valence-corrected chi connectivity index (χ1v) is 10.6. The summed E-state index contributed by atoms with van der Waals surface area (Å²) in [6, 6.07) is 9.75. The molecule has 0 amide bonds. The zero-order valence-corrected chi connectivity index (χ0v) is 17.3. The Morgan fingerprint density at radius 2 is 1.96 bits per heavy atom. The van der Waals surface area contributed by atoms with Crippen molar-refractivity contribution in [2.45, 2.75) is 13.3 Å². The van der Waals surface area contributed by atoms with Gasteiger partial charge in [0.1, 0.15) is 0 Å². The molecule has 0 aliphatic carbocycles. The summed E-state index contributed by atoms with van der Waals surface area (Å²) < 4.78 is 5.48. The van der Waals surface area contributed by atoms with Crippen molar-refractivity contribution in [2.75, 3.05) is 43.1 Å². The van der Waals surface area contributed by atoms with Gasteiger partial charge in [-0.25, -0.2) is 15.0 Å². The summed E-state index contributed by atoms with van der Waals surface area (Å²) in [6.45, 7) is 5.95. The number of anilines is 2. The highest BCUT2D eigenvalue weighted by Gasteiger charge is 2.18. The first-order chi connectivity index (χ1) is 13.7. The number of aromatic nitrogens is 3. The average molecular weight is 416 g/mol. The SMILES string of the molecule is CCCNc1ncc(-c2cc(-c3ccccc3Cl)nc(N3CCOCC3)n2)s1. The highest BCUT2D eigenvalue weighted by molar-refractivity contribution is 7.18. The van der Waals surface area contributed by atoms with E-state index in [1.165, 1.54) is 0 Å². The molecule has 2 aromatic heterocycles. The molecule has 0 unspecified atom stereocenters. The molecular weight excluding hydrogens is 394 g/mol. The van der Waals surface area contributed by atoms with E-state index < -0.39 is 0 Å². The van der Waals surface area contributed by atoms with Crippen molar-refractivity contribution in [2.24, 2.45) is 0 Å². The summed E-state index contributed by atoms with van der Waals surface area (Å²) in [7, 11) is 0. The van der Waals surface area contributed by atoms with Crippen molar-refractivity contribution in [1.29, 1.82) is 0 Å². The van der Waals surface area contributed by atoms with E-state index in [0.717, 1.165) is 53.0 Å². The lowest BCUT2D eigenvalue weighted by Gasteiger charge is -2.27. The molecule has 0 radical (unpaired) electrons. The molecular formula is C20H22ClN5OS. The fourth-order valence-electron chi connectivity index (χ4n) is 2.98. The van der Waals surface area contributed by atoms with E-state index in [1.54, 1.807) is 11.3 Å². The smallest absolute Gasteiger partial charge is 0.226 e. The lowest BCUT2D eigenvalue weighted by Crippen LogP contribution is -2.37. The maximum absolute atomic E-state index is 6.44. The number of rotatable bonds is 6. The van der Waals surface area contributed by atoms with Crippen LogP contribution in [0.25, 0.3) is 21.8 Å². The number of halogens is 1. The molecule has 28 heavy (non-hydrogen) atoms. The van der Waals surface area contributed by atoms with Crippen LogP contribution in [0.4, 0.5) is 11.1 Å². The Bertz CT molecular complexity index is 942. The Kier molecular flexibility index (Phi) is 6.04. The number of thiazole rings is 1. The molecule has 1 aliphatic heterocycles. The largest absolute Gasteiger partial charge is 0.378 e. The minimum absolute atomic E-state index is 0.676. The van der Waals surface area contributed by atoms with Crippen LogP contribution in [-0.2, 0) is 4.74 Å². The predicted octanol–water partition coefficient (Wildman–Crippen LogP) is 4.58. The zero-order chi connectivity index (χ0) is 19.3. The number of benzene rings is 1. The van der Waals surface area contributed by atoms with Gasteiger partial charge in [0.2, 0.25) is 5.95 Å². The predicted molar refractivity (Wildman–Crippen MR) is 115 cm³/mol. The lowest BCUT2D eigenvalue weighted by atomic mass is 10.1. The van der Waals surface area contributed by atoms with Crippen molar-refractivity contribution in [3.05, 3.63) is 41.6 Å². The molecule has 0 saturated carbocycles. The number of ether oxygens (including phenoxy) is 1. The van der Waals surface area contributed by atoms with Crippen LogP contribution in [0, 0.1) is 0 Å². The molecule has 4 rings (SSSR count). The molecule has 1 N–H and O–H groups in total. The Morgan fingerprint density at radius 1 is 1.18 bits per heavy atom. The Balaban J connectivity index is 1.75. The first-order valence-electron chi connectivity index (χ1n) is 9.41. The Hall–Kier alpha value is -2.22. The minimum atomic E-state index is 0.676. The molecule has 1 aromatic carbocycles. The summed E-state index contributed by atoms with van der Waals surface area (Å²) in [5.74, 6) is 0.701. The van der Waals surface area contributed by atoms with Crippen molar-refractivity contribution in [3.8, 4) is 21.8 Å². The van der Waals surface area contributed by atoms with Gasteiger partial charge in [-0.3, -0.25) is 0 Å². The first kappa shape index (κ1) is 19.1. The molecule has 3 aromatic rings. The lowest BCUT2D eigenvalue weighted by molar-refractivity contribution is 0.122. The minimum Gasteiger partial charge on any atom is -0.378 e. The van der Waals surface area contributed by atoms with Gasteiger partial charge in [-0.05, 0) is 18.6 Å². The third-order valence-electron chi connectivity index (χ3n) is 4.44. The van der Waals surface area contributed by atoms with Gasteiger partial charge in [0.05, 0.1) is 29.5 Å². The molecule has 1 fully saturated rings. The second kappa shape index (κ2) is 8.86. The molecule has 0 bridgehead atoms. The van der Waals surface area contributed by atoms with E-state index >= 15 is 0 Å². The van der Waals surface area contributed by atoms with Crippen LogP contribution in [0.2, 0.25) is 5.02 Å². The van der Waals surface area contributed by atoms with Gasteiger partial charge in [0.25, 0.3) is 0 Å². The van der Waals surface area contributed by atoms with Crippen LogP contribution in [0.5, 0.6) is 0 Å². The third-order valence-corrected chi connectivity index (χ3v) is 5.75. The van der Waals surface area contributed by atoms with Crippen LogP contribution in [0.15, 0.2) is 36.5 Å². The molecule has 6 nitrogen and oxygen atoms in total. The van der Waals surface area contributed by atoms with Gasteiger partial charge in [0, 0.05) is 36.4 Å². The standard InChI is InChI=1S/C20H22ClN5OS/c1-2-7-22-20-23-13-18(28-20)17-12-16(14-5-3-4-6-15(14)21)24-19(25-17)26-8-10-27-11-9-26/h3-6,12-13H,2,7-11H2,1H3,(H,22,23). The molecule has 1 saturated heterocycles. The second-order valence-corrected chi connectivity index (χ2v) is 7.91. The van der Waals surface area contributed by atoms with E-state index in [1.807, 2.05) is 36.5 Å². The van der Waals surface area contributed by atoms with Crippen molar-refractivity contribution < 1.29 is 4.74 Å². The molecule has 146 valence electrons. The Labute approximate surface area is 173 Å². The van der Waals surface area contributed by atoms with Gasteiger partial charge < -0.3 is 15.0 Å². The van der Waals surface area contributed by atoms with Gasteiger partial charge >= 0.3 is 0 Å². The van der Waals surface area contributed by atoms with E-state index in [2.05, 4.69) is 22.1 Å². The van der Waals surface area contributed by atoms with Crippen LogP contribution >= 0.6 is 22.9 Å². The molecule has 1 aliphatic rings. The van der Waals surface area contributed by atoms with Gasteiger partial charge in [0.15, 0.2) is 5.13 Å². The van der Waals surface area contributed by atoms with Crippen molar-refractivity contribution >= 4 is 34.0 Å². The highest BCUT2D eigenvalue weighted by atomic mass is 35.5. The summed E-state index contributed by atoms with van der Waals surface area (Å²) in [4.78, 5) is 17.3. The number of hydrogen-bond acceptors (Lipinski definition) is 7. The van der Waals surface area contributed by atoms with E-state index in [-0.39, 0.29) is 0 Å². The maximum Gasteiger partial charge on any atom is 0.226 e. The molecule has 8 heteroatoms. The van der Waals surface area contributed by atoms with E-state index in [9.17, 15) is 0 Å². The normalized spacial score (nSPS) is 14.3. The number of nitrogens with one attached hydrogen (secondary N) is 1. The van der Waals surface area contributed by atoms with Crippen molar-refractivity contribution in [3.63, 3.8) is 0 Å². The van der Waals surface area contributed by atoms with E-state index in [4.69, 9.17) is 26.3 Å². The van der Waals surface area contributed by atoms with Crippen LogP contribution in [0.1, 0.15) is 13.3 Å². The number of morpholine rings is 1. The molecule has 0 spiro atoms. The summed E-state index contributed by atoms with van der Waals surface area (Å²) in [6.07, 6.45) is 2.92. The highest BCUT2D eigenvalue weighted by Crippen LogP contribution is 2.33. The number of hydrogen-bond donors (Lipinski definition) is 1. The fraction of sp³-hybridized carbons (Fsp3) is 0.350. The van der Waals surface area contributed by atoms with E-state index in [0.29, 0.717) is 24.2 Å². The van der Waals surface area contributed by atoms with Crippen molar-refractivity contribution in [1.82, 2.24) is 15.0 Å². The topological polar surface area (TPSA) is 63.2 Å². The monoisotopic (exact) mass is 415 g/mol. The average Bonchev–Trinajstić information content (AvgIpc) is 3.22. The summed E-state index contributed by atoms with van der Waals surface area (Å²) in [5.41, 5.74) is 2.57. The van der Waals surface area contributed by atoms with Gasteiger partial charge in [-0.1, -0.05) is 48.1 Å². The van der Waals surface area contributed by atoms with Gasteiger partial charge in [-0.15, -0.1) is 0 Å². The molecule has 0 atom stereocenters. The van der Waals surface area contributed by atoms with Crippen LogP contribution in [-0.4, -0.2) is 47.8 Å². The quantitative estimate of drug-likeness (QED) is 0.635. The summed E-state index contributed by atoms with van der Waals surface area (Å²) in [5, 5.41) is 4.91.